The smallest absolute Gasteiger partial charge is 0.139 e. The maximum atomic E-state index is 13.3. The Bertz CT molecular complexity index is 1110. The van der Waals surface area contributed by atoms with E-state index in [9.17, 15) is 9.90 Å². The second-order valence-corrected chi connectivity index (χ2v) is 14.5. The van der Waals surface area contributed by atoms with Gasteiger partial charge in [0.2, 0.25) is 0 Å². The van der Waals surface area contributed by atoms with Crippen LogP contribution < -0.4 is 4.74 Å². The lowest BCUT2D eigenvalue weighted by Crippen LogP contribution is -2.70. The van der Waals surface area contributed by atoms with E-state index in [0.29, 0.717) is 42.5 Å². The summed E-state index contributed by atoms with van der Waals surface area (Å²) in [5.41, 5.74) is 1.14. The van der Waals surface area contributed by atoms with Crippen molar-refractivity contribution in [2.75, 3.05) is 13.7 Å². The molecular weight excluding hydrogens is 452 g/mol. The van der Waals surface area contributed by atoms with Crippen molar-refractivity contribution in [1.82, 2.24) is 0 Å². The van der Waals surface area contributed by atoms with Crippen LogP contribution in [-0.4, -0.2) is 35.8 Å². The quantitative estimate of drug-likeness (QED) is 0.502. The molecule has 1 aliphatic heterocycles. The van der Waals surface area contributed by atoms with Crippen molar-refractivity contribution in [1.29, 1.82) is 0 Å². The van der Waals surface area contributed by atoms with Crippen molar-refractivity contribution < 1.29 is 24.4 Å². The topological polar surface area (TPSA) is 65.0 Å². The standard InChI is InChI=1S/C31H42O5/c1-27(2)16-29(36-35-18-27)11-12-30-14-19-13-20(34-4)5-6-21(19)23-15-28(3)24(7-8-25(28)32)22(26(23)30)9-10-31(30,33)17-29/h5-6,13,22-24,26,33H,7-12,14-18H2,1-4H3/t22-,23+,24-,26+,28-,29?,30-,31+/m0/s1. The van der Waals surface area contributed by atoms with Crippen molar-refractivity contribution in [3.05, 3.63) is 29.3 Å². The number of ketones is 1. The van der Waals surface area contributed by atoms with Crippen LogP contribution >= 0.6 is 0 Å². The van der Waals surface area contributed by atoms with Gasteiger partial charge in [-0.05, 0) is 104 Å². The number of carbonyl (C=O) groups excluding carboxylic acids is 1. The van der Waals surface area contributed by atoms with Gasteiger partial charge in [0, 0.05) is 23.7 Å². The third-order valence-electron chi connectivity index (χ3n) is 12.0. The minimum Gasteiger partial charge on any atom is -0.497 e. The Kier molecular flexibility index (Phi) is 4.84. The molecule has 1 aromatic carbocycles. The molecular formula is C31H42O5. The molecule has 1 aromatic rings. The summed E-state index contributed by atoms with van der Waals surface area (Å²) < 4.78 is 5.65. The van der Waals surface area contributed by atoms with Gasteiger partial charge in [-0.3, -0.25) is 4.79 Å². The Morgan fingerprint density at radius 3 is 2.69 bits per heavy atom. The summed E-state index contributed by atoms with van der Waals surface area (Å²) in [6.45, 7) is 7.37. The first kappa shape index (κ1) is 23.7. The van der Waals surface area contributed by atoms with Crippen LogP contribution in [0.25, 0.3) is 0 Å². The molecule has 7 rings (SSSR count). The predicted octanol–water partition coefficient (Wildman–Crippen LogP) is 5.77. The largest absolute Gasteiger partial charge is 0.497 e. The number of rotatable bonds is 1. The van der Waals surface area contributed by atoms with Crippen molar-refractivity contribution in [3.63, 3.8) is 0 Å². The van der Waals surface area contributed by atoms with Crippen LogP contribution in [0.15, 0.2) is 18.2 Å². The second kappa shape index (κ2) is 7.36. The van der Waals surface area contributed by atoms with Crippen molar-refractivity contribution in [2.24, 2.45) is 34.0 Å². The van der Waals surface area contributed by atoms with E-state index in [2.05, 4.69) is 39.0 Å². The van der Waals surface area contributed by atoms with E-state index < -0.39 is 11.2 Å². The molecule has 5 nitrogen and oxygen atoms in total. The lowest BCUT2D eigenvalue weighted by atomic mass is 9.36. The summed E-state index contributed by atoms with van der Waals surface area (Å²) in [5, 5.41) is 12.8. The highest BCUT2D eigenvalue weighted by atomic mass is 17.2. The average molecular weight is 495 g/mol. The van der Waals surface area contributed by atoms with Crippen LogP contribution in [-0.2, 0) is 21.0 Å². The van der Waals surface area contributed by atoms with Gasteiger partial charge in [0.15, 0.2) is 0 Å². The molecule has 0 aromatic heterocycles. The molecule has 196 valence electrons. The number of methoxy groups -OCH3 is 1. The molecule has 5 fully saturated rings. The lowest BCUT2D eigenvalue weighted by Gasteiger charge is -2.70. The summed E-state index contributed by atoms with van der Waals surface area (Å²) in [6, 6.07) is 6.57. The maximum absolute atomic E-state index is 13.3. The monoisotopic (exact) mass is 494 g/mol. The fourth-order valence-electron chi connectivity index (χ4n) is 10.8. The molecule has 1 saturated heterocycles. The Hall–Kier alpha value is -1.43. The molecule has 0 radical (unpaired) electrons. The maximum Gasteiger partial charge on any atom is 0.139 e. The Labute approximate surface area is 215 Å². The molecule has 0 bridgehead atoms. The molecule has 8 atom stereocenters. The lowest BCUT2D eigenvalue weighted by molar-refractivity contribution is -0.425. The molecule has 36 heavy (non-hydrogen) atoms. The van der Waals surface area contributed by atoms with E-state index >= 15 is 0 Å². The predicted molar refractivity (Wildman–Crippen MR) is 136 cm³/mol. The molecule has 5 heteroatoms. The summed E-state index contributed by atoms with van der Waals surface area (Å²) >= 11 is 0. The fraction of sp³-hybridized carbons (Fsp3) is 0.774. The minimum absolute atomic E-state index is 0.0439. The van der Waals surface area contributed by atoms with Crippen molar-refractivity contribution in [2.45, 2.75) is 102 Å². The Morgan fingerprint density at radius 1 is 1.08 bits per heavy atom. The number of benzene rings is 1. The van der Waals surface area contributed by atoms with E-state index in [4.69, 9.17) is 14.5 Å². The second-order valence-electron chi connectivity index (χ2n) is 14.5. The highest BCUT2D eigenvalue weighted by Crippen LogP contribution is 2.74. The number of Topliss-reactive ketones (excluding diaryl/α,β-unsaturated/α-hetero) is 1. The van der Waals surface area contributed by atoms with Crippen LogP contribution in [0.4, 0.5) is 0 Å². The first-order valence-electron chi connectivity index (χ1n) is 14.3. The van der Waals surface area contributed by atoms with Crippen molar-refractivity contribution in [3.8, 4) is 5.75 Å². The molecule has 1 unspecified atom stereocenters. The first-order chi connectivity index (χ1) is 17.0. The van der Waals surface area contributed by atoms with Gasteiger partial charge in [0.25, 0.3) is 0 Å². The van der Waals surface area contributed by atoms with Crippen LogP contribution in [0.1, 0.15) is 95.6 Å². The van der Waals surface area contributed by atoms with E-state index in [1.54, 1.807) is 7.11 Å². The van der Waals surface area contributed by atoms with Crippen LogP contribution in [0.3, 0.4) is 0 Å². The van der Waals surface area contributed by atoms with Gasteiger partial charge in [-0.2, -0.15) is 0 Å². The van der Waals surface area contributed by atoms with Gasteiger partial charge in [-0.1, -0.05) is 26.8 Å². The highest BCUT2D eigenvalue weighted by Gasteiger charge is 2.72. The zero-order valence-electron chi connectivity index (χ0n) is 22.4. The number of hydrogen-bond acceptors (Lipinski definition) is 5. The summed E-state index contributed by atoms with van der Waals surface area (Å²) in [5.74, 6) is 3.04. The molecule has 4 saturated carbocycles. The van der Waals surface area contributed by atoms with E-state index in [1.807, 2.05) is 0 Å². The number of ether oxygens (including phenoxy) is 1. The Morgan fingerprint density at radius 2 is 1.92 bits per heavy atom. The van der Waals surface area contributed by atoms with Gasteiger partial charge < -0.3 is 9.84 Å². The number of carbonyl (C=O) groups is 1. The number of fused-ring (bicyclic) bond motifs is 4. The van der Waals surface area contributed by atoms with E-state index in [1.165, 1.54) is 11.1 Å². The third-order valence-corrected chi connectivity index (χ3v) is 12.0. The zero-order chi connectivity index (χ0) is 25.1. The number of aliphatic hydroxyl groups is 1. The highest BCUT2D eigenvalue weighted by molar-refractivity contribution is 5.87. The van der Waals surface area contributed by atoms with Crippen molar-refractivity contribution >= 4 is 5.78 Å². The molecule has 0 amide bonds. The van der Waals surface area contributed by atoms with Gasteiger partial charge in [0.05, 0.1) is 19.3 Å². The Balaban J connectivity index is 1.36. The van der Waals surface area contributed by atoms with Crippen LogP contribution in [0.5, 0.6) is 5.75 Å². The zero-order valence-corrected chi connectivity index (χ0v) is 22.4. The first-order valence-corrected chi connectivity index (χ1v) is 14.3. The van der Waals surface area contributed by atoms with E-state index in [-0.39, 0.29) is 16.2 Å². The minimum atomic E-state index is -0.793. The number of hydrogen-bond donors (Lipinski definition) is 1. The molecule has 1 heterocycles. The molecule has 6 aliphatic rings. The molecule has 2 spiro atoms. The fourth-order valence-corrected chi connectivity index (χ4v) is 10.8. The third kappa shape index (κ3) is 2.97. The summed E-state index contributed by atoms with van der Waals surface area (Å²) in [7, 11) is 1.73. The van der Waals surface area contributed by atoms with Gasteiger partial charge in [-0.25, -0.2) is 9.78 Å². The molecule has 1 N–H and O–H groups in total. The molecule has 5 aliphatic carbocycles. The van der Waals surface area contributed by atoms with Gasteiger partial charge in [0.1, 0.15) is 17.1 Å². The van der Waals surface area contributed by atoms with Crippen LogP contribution in [0, 0.1) is 34.0 Å². The summed E-state index contributed by atoms with van der Waals surface area (Å²) in [6.07, 6.45) is 8.84. The van der Waals surface area contributed by atoms with E-state index in [0.717, 1.165) is 63.5 Å². The van der Waals surface area contributed by atoms with Gasteiger partial charge >= 0.3 is 0 Å². The van der Waals surface area contributed by atoms with Gasteiger partial charge in [-0.15, -0.1) is 0 Å². The SMILES string of the molecule is COc1ccc2c(c1)C[C@]13CCC4(CC(C)(C)COO4)C[C@]1(O)CC[C@@H]1[C@@H]3[C@@H]2C[C@]2(C)C(=O)CC[C@@H]12. The van der Waals surface area contributed by atoms with Crippen LogP contribution in [0.2, 0.25) is 0 Å². The normalized spacial score (nSPS) is 48.5. The average Bonchev–Trinajstić information content (AvgIpc) is 3.12. The summed E-state index contributed by atoms with van der Waals surface area (Å²) in [4.78, 5) is 25.1.